The second kappa shape index (κ2) is 24.9. The number of rotatable bonds is 8. The summed E-state index contributed by atoms with van der Waals surface area (Å²) in [6.07, 6.45) is 0. The predicted molar refractivity (Wildman–Crippen MR) is 454 cm³/mol. The normalized spacial score (nSPS) is 13.1. The molecule has 0 saturated heterocycles. The van der Waals surface area contributed by atoms with Crippen LogP contribution >= 0.6 is 0 Å². The number of nitrogens with zero attached hydrogens (tertiary/aromatic N) is 6. The zero-order valence-corrected chi connectivity index (χ0v) is 64.2. The molecule has 0 radical (unpaired) electrons. The summed E-state index contributed by atoms with van der Waals surface area (Å²) >= 11 is 0. The highest BCUT2D eigenvalue weighted by Gasteiger charge is 2.47. The van der Waals surface area contributed by atoms with Crippen LogP contribution in [0.15, 0.2) is 267 Å². The van der Waals surface area contributed by atoms with Crippen LogP contribution in [0.1, 0.15) is 143 Å². The predicted octanol–water partition coefficient (Wildman–Crippen LogP) is 24.9. The van der Waals surface area contributed by atoms with Crippen molar-refractivity contribution < 1.29 is 0 Å². The summed E-state index contributed by atoms with van der Waals surface area (Å²) in [4.78, 5) is 5.31. The Bertz CT molecular complexity index is 5740. The van der Waals surface area contributed by atoms with E-state index < -0.39 is 5.41 Å². The maximum Gasteiger partial charge on any atom is 0.252 e. The molecule has 7 heteroatoms. The Kier molecular flexibility index (Phi) is 15.9. The van der Waals surface area contributed by atoms with Crippen molar-refractivity contribution in [3.63, 3.8) is 0 Å². The number of hydrogen-bond acceptors (Lipinski definition) is 4. The van der Waals surface area contributed by atoms with Gasteiger partial charge in [0.2, 0.25) is 0 Å². The van der Waals surface area contributed by atoms with Crippen molar-refractivity contribution in [1.29, 1.82) is 10.5 Å². The number of anilines is 6. The standard InChI is InChI=1S/C100H89BN6/c1-96(2,3)68-50-66(51-69(54-68)97(4,5)6)77-38-26-36-75(64-30-24-28-62(48-64)60-102)94(77)106-89-58-73(104-85-40-20-16-32-79(85)80-33-17-21-41-86(80)104)44-46-83(89)101-84-47-45-74(105-87-42-22-18-34-81(87)82-35-19-23-43-88(82)105)59-90(84)107(92-57-72(100(13,14)15)56-91(106)93(92)101)95-76(65-31-25-29-63(49-65)61-103)37-27-39-78(95)67-52-70(98(7,8)9)55-71(53-67)99(10,11)12/h16-59H,1-15H3. The molecule has 0 bridgehead atoms. The van der Waals surface area contributed by atoms with Gasteiger partial charge in [0.1, 0.15) is 0 Å². The van der Waals surface area contributed by atoms with Gasteiger partial charge in [0, 0.05) is 77.9 Å². The molecule has 2 aliphatic rings. The monoisotopic (exact) mass is 1380 g/mol. The third-order valence-corrected chi connectivity index (χ3v) is 22.7. The number of aromatic nitrogens is 2. The zero-order valence-electron chi connectivity index (χ0n) is 64.2. The maximum absolute atomic E-state index is 10.9. The molecule has 0 N–H and O–H groups in total. The minimum absolute atomic E-state index is 0.192. The number of benzene rings is 13. The fourth-order valence-corrected chi connectivity index (χ4v) is 16.9. The van der Waals surface area contributed by atoms with E-state index >= 15 is 0 Å². The van der Waals surface area contributed by atoms with Crippen molar-refractivity contribution in [3.05, 3.63) is 306 Å². The van der Waals surface area contributed by atoms with Crippen molar-refractivity contribution >= 4 is 101 Å². The van der Waals surface area contributed by atoms with E-state index in [2.05, 4.69) is 378 Å². The molecule has 2 aliphatic heterocycles. The van der Waals surface area contributed by atoms with Crippen molar-refractivity contribution in [3.8, 4) is 68.0 Å². The van der Waals surface area contributed by atoms with Gasteiger partial charge in [-0.15, -0.1) is 0 Å². The highest BCUT2D eigenvalue weighted by Crippen LogP contribution is 2.55. The van der Waals surface area contributed by atoms with Crippen LogP contribution < -0.4 is 26.2 Å². The summed E-state index contributed by atoms with van der Waals surface area (Å²) in [6.45, 7) is 34.7. The Hall–Kier alpha value is -11.9. The minimum Gasteiger partial charge on any atom is -0.310 e. The fourth-order valence-electron chi connectivity index (χ4n) is 16.9. The lowest BCUT2D eigenvalue weighted by molar-refractivity contribution is 0.568. The number of nitriles is 2. The Morgan fingerprint density at radius 2 is 0.570 bits per heavy atom. The average molecular weight is 1390 g/mol. The van der Waals surface area contributed by atoms with E-state index in [-0.39, 0.29) is 28.4 Å². The Balaban J connectivity index is 1.08. The first-order chi connectivity index (χ1) is 51.1. The molecule has 0 amide bonds. The van der Waals surface area contributed by atoms with Gasteiger partial charge in [-0.25, -0.2) is 0 Å². The molecule has 2 aromatic heterocycles. The second-order valence-electron chi connectivity index (χ2n) is 34.9. The molecule has 4 heterocycles. The lowest BCUT2D eigenvalue weighted by atomic mass is 9.33. The van der Waals surface area contributed by atoms with Crippen LogP contribution in [0.4, 0.5) is 34.1 Å². The summed E-state index contributed by atoms with van der Waals surface area (Å²) in [6, 6.07) is 105. The molecule has 107 heavy (non-hydrogen) atoms. The van der Waals surface area contributed by atoms with Gasteiger partial charge in [-0.05, 0) is 178 Å². The lowest BCUT2D eigenvalue weighted by Crippen LogP contribution is -2.61. The molecular weight excluding hydrogens is 1300 g/mol. The summed E-state index contributed by atoms with van der Waals surface area (Å²) in [5, 5.41) is 26.6. The van der Waals surface area contributed by atoms with Crippen LogP contribution in [0.5, 0.6) is 0 Å². The minimum atomic E-state index is -0.410. The first kappa shape index (κ1) is 68.2. The van der Waals surface area contributed by atoms with Gasteiger partial charge >= 0.3 is 0 Å². The molecule has 0 aliphatic carbocycles. The fraction of sp³-hybridized carbons (Fsp3) is 0.200. The quantitative estimate of drug-likeness (QED) is 0.142. The third-order valence-electron chi connectivity index (χ3n) is 22.7. The first-order valence-electron chi connectivity index (χ1n) is 37.8. The van der Waals surface area contributed by atoms with Crippen LogP contribution in [-0.2, 0) is 27.1 Å². The molecule has 0 unspecified atom stereocenters. The highest BCUT2D eigenvalue weighted by atomic mass is 15.2. The van der Waals surface area contributed by atoms with Crippen LogP contribution in [0, 0.1) is 22.7 Å². The topological polar surface area (TPSA) is 63.9 Å². The van der Waals surface area contributed by atoms with E-state index in [0.29, 0.717) is 11.1 Å². The number of para-hydroxylation sites is 6. The number of hydrogen-bond donors (Lipinski definition) is 0. The highest BCUT2D eigenvalue weighted by molar-refractivity contribution is 7.00. The zero-order chi connectivity index (χ0) is 74.5. The van der Waals surface area contributed by atoms with E-state index in [1.54, 1.807) is 0 Å². The number of fused-ring (bicyclic) bond motifs is 10. The summed E-state index contributed by atoms with van der Waals surface area (Å²) in [7, 11) is 0. The van der Waals surface area contributed by atoms with Gasteiger partial charge in [0.15, 0.2) is 0 Å². The lowest BCUT2D eigenvalue weighted by Gasteiger charge is -2.46. The third kappa shape index (κ3) is 11.4. The molecule has 17 rings (SSSR count). The molecule has 0 fully saturated rings. The average Bonchev–Trinajstić information content (AvgIpc) is 0.907. The van der Waals surface area contributed by atoms with Gasteiger partial charge in [-0.3, -0.25) is 0 Å². The summed E-state index contributed by atoms with van der Waals surface area (Å²) in [5.74, 6) is 0. The van der Waals surface area contributed by atoms with Crippen LogP contribution in [0.3, 0.4) is 0 Å². The van der Waals surface area contributed by atoms with Crippen molar-refractivity contribution in [1.82, 2.24) is 9.13 Å². The molecule has 6 nitrogen and oxygen atoms in total. The van der Waals surface area contributed by atoms with Crippen molar-refractivity contribution in [2.24, 2.45) is 0 Å². The van der Waals surface area contributed by atoms with Crippen molar-refractivity contribution in [2.45, 2.75) is 131 Å². The van der Waals surface area contributed by atoms with Gasteiger partial charge < -0.3 is 18.9 Å². The van der Waals surface area contributed by atoms with Gasteiger partial charge in [-0.2, -0.15) is 10.5 Å². The van der Waals surface area contributed by atoms with Gasteiger partial charge in [0.05, 0.1) is 56.7 Å². The van der Waals surface area contributed by atoms with E-state index in [9.17, 15) is 10.5 Å². The molecule has 13 aromatic carbocycles. The second-order valence-corrected chi connectivity index (χ2v) is 34.9. The van der Waals surface area contributed by atoms with E-state index in [4.69, 9.17) is 0 Å². The molecular formula is C100H89BN6. The molecule has 522 valence electrons. The van der Waals surface area contributed by atoms with E-state index in [1.165, 1.54) is 49.3 Å². The van der Waals surface area contributed by atoms with E-state index in [0.717, 1.165) is 129 Å². The van der Waals surface area contributed by atoms with Gasteiger partial charge in [0.25, 0.3) is 6.71 Å². The summed E-state index contributed by atoms with van der Waals surface area (Å²) in [5.41, 5.74) is 30.8. The SMILES string of the molecule is CC(C)(C)c1cc(-c2cccc(-c3cccc(C#N)c3)c2N2c3cc(-n4c5ccccc5c5ccccc54)ccc3B3c4ccc(-n5c6ccccc6c6ccccc65)cc4N(c4c(-c5cccc(C#N)c5)cccc4-c4cc(C(C)(C)C)cc(C(C)(C)C)c4)c4cc(C(C)(C)C)cc2c43)cc(C(C)(C)C)c1. The van der Waals surface area contributed by atoms with Crippen LogP contribution in [0.25, 0.3) is 99.5 Å². The Labute approximate surface area is 631 Å². The smallest absolute Gasteiger partial charge is 0.252 e. The van der Waals surface area contributed by atoms with E-state index in [1.807, 2.05) is 24.3 Å². The molecule has 0 spiro atoms. The first-order valence-corrected chi connectivity index (χ1v) is 37.8. The molecule has 0 atom stereocenters. The van der Waals surface area contributed by atoms with Crippen molar-refractivity contribution in [2.75, 3.05) is 9.80 Å². The molecule has 0 saturated carbocycles. The largest absolute Gasteiger partial charge is 0.310 e. The summed E-state index contributed by atoms with van der Waals surface area (Å²) < 4.78 is 4.94. The van der Waals surface area contributed by atoms with Gasteiger partial charge in [-0.1, -0.05) is 286 Å². The Morgan fingerprint density at radius 1 is 0.271 bits per heavy atom. The van der Waals surface area contributed by atoms with Crippen LogP contribution in [0.2, 0.25) is 0 Å². The molecule has 15 aromatic rings. The maximum atomic E-state index is 10.9. The Morgan fingerprint density at radius 3 is 0.888 bits per heavy atom. The van der Waals surface area contributed by atoms with Crippen LogP contribution in [-0.4, -0.2) is 15.8 Å².